The first-order valence-corrected chi connectivity index (χ1v) is 9.60. The largest absolute Gasteiger partial charge is 0.458 e. The fourth-order valence-electron chi connectivity index (χ4n) is 4.75. The van der Waals surface area contributed by atoms with Crippen molar-refractivity contribution < 1.29 is 19.1 Å². The van der Waals surface area contributed by atoms with Crippen molar-refractivity contribution in [2.45, 2.75) is 44.8 Å². The molecule has 0 bridgehead atoms. The normalized spacial score (nSPS) is 37.2. The molecule has 0 amide bonds. The summed E-state index contributed by atoms with van der Waals surface area (Å²) in [6, 6.07) is 3.62. The predicted octanol–water partition coefficient (Wildman–Crippen LogP) is 4.14. The van der Waals surface area contributed by atoms with Gasteiger partial charge >= 0.3 is 11.9 Å². The van der Waals surface area contributed by atoms with E-state index in [1.807, 2.05) is 11.4 Å². The maximum absolute atomic E-state index is 12.3. The van der Waals surface area contributed by atoms with Crippen LogP contribution in [0.1, 0.15) is 42.3 Å². The summed E-state index contributed by atoms with van der Waals surface area (Å²) < 4.78 is 11.3. The molecule has 4 nitrogen and oxygen atoms in total. The minimum atomic E-state index is -0.276. The van der Waals surface area contributed by atoms with Gasteiger partial charge in [-0.1, -0.05) is 26.1 Å². The van der Waals surface area contributed by atoms with E-state index in [1.165, 1.54) is 11.3 Å². The average molecular weight is 358 g/mol. The van der Waals surface area contributed by atoms with E-state index >= 15 is 0 Å². The average Bonchev–Trinajstić information content (AvgIpc) is 3.19. The van der Waals surface area contributed by atoms with Gasteiger partial charge < -0.3 is 9.47 Å². The van der Waals surface area contributed by atoms with Gasteiger partial charge in [0.2, 0.25) is 0 Å². The van der Waals surface area contributed by atoms with Crippen LogP contribution in [0.3, 0.4) is 0 Å². The van der Waals surface area contributed by atoms with Crippen LogP contribution in [-0.2, 0) is 14.3 Å². The van der Waals surface area contributed by atoms with Crippen molar-refractivity contribution in [1.82, 2.24) is 0 Å². The van der Waals surface area contributed by atoms with Crippen LogP contribution in [0.25, 0.3) is 0 Å². The topological polar surface area (TPSA) is 52.6 Å². The summed E-state index contributed by atoms with van der Waals surface area (Å²) in [5.41, 5.74) is 1.59. The number of hydrogen-bond acceptors (Lipinski definition) is 5. The summed E-state index contributed by atoms with van der Waals surface area (Å²) >= 11 is 1.39. The Hall–Kier alpha value is -1.88. The standard InChI is InChI=1S/C20H22O4S/c1-11-13-9-14-12(2)15(23-19(22)17-5-4-8-25-17)6-7-20(14,3)10-16(13)24-18(11)21/h4-5,8,13-16H,1-2,6-7,9-10H2,3H3/t13-,14+,15-,16-,20-/m1/s1. The lowest BCUT2D eigenvalue weighted by Gasteiger charge is -2.51. The van der Waals surface area contributed by atoms with Crippen LogP contribution in [0, 0.1) is 17.3 Å². The van der Waals surface area contributed by atoms with Crippen molar-refractivity contribution in [1.29, 1.82) is 0 Å². The van der Waals surface area contributed by atoms with E-state index in [2.05, 4.69) is 20.1 Å². The number of hydrogen-bond donors (Lipinski definition) is 0. The van der Waals surface area contributed by atoms with Crippen LogP contribution >= 0.6 is 11.3 Å². The van der Waals surface area contributed by atoms with Gasteiger partial charge in [0.05, 0.1) is 0 Å². The zero-order valence-electron chi connectivity index (χ0n) is 14.3. The predicted molar refractivity (Wildman–Crippen MR) is 95.2 cm³/mol. The lowest BCUT2D eigenvalue weighted by Crippen LogP contribution is -2.47. The zero-order valence-corrected chi connectivity index (χ0v) is 15.1. The number of fused-ring (bicyclic) bond motifs is 2. The Bertz CT molecular complexity index is 750. The van der Waals surface area contributed by atoms with Crippen molar-refractivity contribution in [2.75, 3.05) is 0 Å². The molecule has 0 radical (unpaired) electrons. The molecule has 5 atom stereocenters. The van der Waals surface area contributed by atoms with Crippen LogP contribution in [-0.4, -0.2) is 24.1 Å². The number of rotatable bonds is 2. The number of ether oxygens (including phenoxy) is 2. The van der Waals surface area contributed by atoms with Gasteiger partial charge in [-0.25, -0.2) is 9.59 Å². The van der Waals surface area contributed by atoms with Crippen molar-refractivity contribution in [3.05, 3.63) is 46.7 Å². The molecule has 1 saturated heterocycles. The molecule has 1 aromatic rings. The van der Waals surface area contributed by atoms with Crippen molar-refractivity contribution in [3.8, 4) is 0 Å². The number of carbonyl (C=O) groups excluding carboxylic acids is 2. The summed E-state index contributed by atoms with van der Waals surface area (Å²) in [4.78, 5) is 24.8. The molecule has 2 aliphatic carbocycles. The Kier molecular flexibility index (Phi) is 3.87. The molecule has 4 rings (SSSR count). The maximum Gasteiger partial charge on any atom is 0.348 e. The second-order valence-electron chi connectivity index (χ2n) is 7.71. The highest BCUT2D eigenvalue weighted by atomic mass is 32.1. The van der Waals surface area contributed by atoms with Crippen molar-refractivity contribution in [2.24, 2.45) is 17.3 Å². The number of thiophene rings is 1. The van der Waals surface area contributed by atoms with Crippen LogP contribution < -0.4 is 0 Å². The van der Waals surface area contributed by atoms with Gasteiger partial charge in [0.25, 0.3) is 0 Å². The van der Waals surface area contributed by atoms with Gasteiger partial charge in [0, 0.05) is 11.5 Å². The summed E-state index contributed by atoms with van der Waals surface area (Å²) in [7, 11) is 0. The first-order valence-electron chi connectivity index (χ1n) is 8.72. The zero-order chi connectivity index (χ0) is 17.8. The molecule has 2 heterocycles. The van der Waals surface area contributed by atoms with Gasteiger partial charge in [0.1, 0.15) is 17.1 Å². The molecule has 0 N–H and O–H groups in total. The van der Waals surface area contributed by atoms with Crippen LogP contribution in [0.5, 0.6) is 0 Å². The van der Waals surface area contributed by atoms with E-state index in [9.17, 15) is 9.59 Å². The van der Waals surface area contributed by atoms with Gasteiger partial charge in [-0.15, -0.1) is 11.3 Å². The highest BCUT2D eigenvalue weighted by Crippen LogP contribution is 2.57. The van der Waals surface area contributed by atoms with E-state index in [-0.39, 0.29) is 41.4 Å². The lowest BCUT2D eigenvalue weighted by atomic mass is 9.55. The quantitative estimate of drug-likeness (QED) is 0.453. The van der Waals surface area contributed by atoms with Crippen LogP contribution in [0.2, 0.25) is 0 Å². The Morgan fingerprint density at radius 3 is 2.96 bits per heavy atom. The van der Waals surface area contributed by atoms with Crippen LogP contribution in [0.4, 0.5) is 0 Å². The van der Waals surface area contributed by atoms with Crippen molar-refractivity contribution in [3.63, 3.8) is 0 Å². The minimum absolute atomic E-state index is 0.0367. The Morgan fingerprint density at radius 1 is 1.44 bits per heavy atom. The summed E-state index contributed by atoms with van der Waals surface area (Å²) in [6.07, 6.45) is 3.03. The molecule has 3 fully saturated rings. The first-order chi connectivity index (χ1) is 11.9. The van der Waals surface area contributed by atoms with E-state index in [4.69, 9.17) is 9.47 Å². The minimum Gasteiger partial charge on any atom is -0.458 e. The first kappa shape index (κ1) is 16.6. The Labute approximate surface area is 151 Å². The Balaban J connectivity index is 1.52. The number of carbonyl (C=O) groups is 2. The molecule has 132 valence electrons. The third-order valence-electron chi connectivity index (χ3n) is 6.23. The number of esters is 2. The molecular formula is C20H22O4S. The fraction of sp³-hybridized carbons (Fsp3) is 0.500. The lowest BCUT2D eigenvalue weighted by molar-refractivity contribution is -0.142. The van der Waals surface area contributed by atoms with E-state index < -0.39 is 0 Å². The molecule has 25 heavy (non-hydrogen) atoms. The van der Waals surface area contributed by atoms with Gasteiger partial charge in [-0.05, 0) is 54.0 Å². The van der Waals surface area contributed by atoms with E-state index in [0.29, 0.717) is 10.5 Å². The van der Waals surface area contributed by atoms with Gasteiger partial charge in [-0.3, -0.25) is 0 Å². The molecule has 1 aliphatic heterocycles. The maximum atomic E-state index is 12.3. The van der Waals surface area contributed by atoms with Crippen molar-refractivity contribution >= 4 is 23.3 Å². The highest BCUT2D eigenvalue weighted by molar-refractivity contribution is 7.11. The molecule has 0 aromatic carbocycles. The second kappa shape index (κ2) is 5.84. The molecule has 3 aliphatic rings. The fourth-order valence-corrected chi connectivity index (χ4v) is 5.36. The SMILES string of the molecule is C=C1C(=O)O[C@@H]2C[C@@]3(C)CC[C@@H](OC(=O)c4cccs4)C(=C)[C@@H]3C[C@H]12. The molecule has 0 spiro atoms. The molecular weight excluding hydrogens is 336 g/mol. The summed E-state index contributed by atoms with van der Waals surface area (Å²) in [5.74, 6) is -0.255. The molecule has 0 unspecified atom stereocenters. The second-order valence-corrected chi connectivity index (χ2v) is 8.65. The molecule has 1 aromatic heterocycles. The summed E-state index contributed by atoms with van der Waals surface area (Å²) in [6.45, 7) is 10.4. The smallest absolute Gasteiger partial charge is 0.348 e. The molecule has 5 heteroatoms. The third-order valence-corrected chi connectivity index (χ3v) is 7.08. The Morgan fingerprint density at radius 2 is 2.24 bits per heavy atom. The van der Waals surface area contributed by atoms with E-state index in [0.717, 1.165) is 31.3 Å². The van der Waals surface area contributed by atoms with Gasteiger partial charge in [-0.2, -0.15) is 0 Å². The monoisotopic (exact) mass is 358 g/mol. The molecule has 2 saturated carbocycles. The van der Waals surface area contributed by atoms with Crippen LogP contribution in [0.15, 0.2) is 41.8 Å². The highest BCUT2D eigenvalue weighted by Gasteiger charge is 2.54. The summed E-state index contributed by atoms with van der Waals surface area (Å²) in [5, 5.41) is 1.87. The van der Waals surface area contributed by atoms with E-state index in [1.54, 1.807) is 6.07 Å². The third kappa shape index (κ3) is 2.65. The van der Waals surface area contributed by atoms with Gasteiger partial charge in [0.15, 0.2) is 0 Å².